The molecule has 0 aliphatic carbocycles. The summed E-state index contributed by atoms with van der Waals surface area (Å²) >= 11 is 11.4. The molecule has 0 unspecified atom stereocenters. The Morgan fingerprint density at radius 1 is 1.04 bits per heavy atom. The minimum absolute atomic E-state index is 0.519. The molecule has 0 radical (unpaired) electrons. The van der Waals surface area contributed by atoms with E-state index in [2.05, 4.69) is 40.9 Å². The third-order valence-electron chi connectivity index (χ3n) is 3.70. The van der Waals surface area contributed by atoms with E-state index < -0.39 is 0 Å². The van der Waals surface area contributed by atoms with Crippen molar-refractivity contribution in [2.24, 2.45) is 0 Å². The zero-order chi connectivity index (χ0) is 17.8. The normalized spacial score (nSPS) is 10.5. The smallest absolute Gasteiger partial charge is 0.175 e. The number of aromatic nitrogens is 2. The van der Waals surface area contributed by atoms with Crippen LogP contribution in [0.25, 0.3) is 0 Å². The maximum atomic E-state index is 5.99. The lowest BCUT2D eigenvalue weighted by Gasteiger charge is -2.12. The summed E-state index contributed by atoms with van der Waals surface area (Å²) in [6.07, 6.45) is 0. The van der Waals surface area contributed by atoms with Crippen molar-refractivity contribution in [2.75, 3.05) is 10.6 Å². The number of halogens is 1. The van der Waals surface area contributed by atoms with E-state index in [1.54, 1.807) is 0 Å². The van der Waals surface area contributed by atoms with E-state index in [9.17, 15) is 0 Å². The van der Waals surface area contributed by atoms with Gasteiger partial charge in [0, 0.05) is 22.1 Å². The number of thiocarbonyl (C=S) groups is 1. The van der Waals surface area contributed by atoms with E-state index in [0.717, 1.165) is 34.9 Å². The minimum Gasteiger partial charge on any atom is -0.332 e. The zero-order valence-electron chi connectivity index (χ0n) is 14.1. The highest BCUT2D eigenvalue weighted by Crippen LogP contribution is 2.17. The topological polar surface area (TPSA) is 41.9 Å². The molecule has 3 aromatic rings. The first-order valence-corrected chi connectivity index (χ1v) is 8.72. The second kappa shape index (κ2) is 7.68. The number of hydrogen-bond donors (Lipinski definition) is 2. The molecule has 0 saturated heterocycles. The second-order valence-electron chi connectivity index (χ2n) is 5.87. The lowest BCUT2D eigenvalue weighted by Crippen LogP contribution is -2.19. The molecule has 1 aromatic heterocycles. The first-order chi connectivity index (χ1) is 12.0. The summed E-state index contributed by atoms with van der Waals surface area (Å²) in [7, 11) is 0. The molecule has 0 spiro atoms. The average Bonchev–Trinajstić information content (AvgIpc) is 2.85. The third-order valence-corrected chi connectivity index (χ3v) is 4.14. The zero-order valence-corrected chi connectivity index (χ0v) is 15.7. The van der Waals surface area contributed by atoms with Crippen LogP contribution in [0, 0.1) is 13.8 Å². The van der Waals surface area contributed by atoms with E-state index in [4.69, 9.17) is 23.8 Å². The molecule has 25 heavy (non-hydrogen) atoms. The lowest BCUT2D eigenvalue weighted by atomic mass is 10.2. The Hall–Kier alpha value is -2.37. The lowest BCUT2D eigenvalue weighted by molar-refractivity contribution is 0.659. The van der Waals surface area contributed by atoms with Crippen LogP contribution in [0.15, 0.2) is 54.6 Å². The van der Waals surface area contributed by atoms with Crippen molar-refractivity contribution in [2.45, 2.75) is 20.4 Å². The van der Waals surface area contributed by atoms with Crippen molar-refractivity contribution >= 4 is 40.3 Å². The van der Waals surface area contributed by atoms with Gasteiger partial charge in [0.2, 0.25) is 0 Å². The molecule has 0 aliphatic heterocycles. The average molecular weight is 371 g/mol. The van der Waals surface area contributed by atoms with Crippen LogP contribution in [0.2, 0.25) is 5.02 Å². The van der Waals surface area contributed by atoms with Gasteiger partial charge >= 0.3 is 0 Å². The molecule has 0 amide bonds. The van der Waals surface area contributed by atoms with Crippen LogP contribution in [0.3, 0.4) is 0 Å². The summed E-state index contributed by atoms with van der Waals surface area (Å²) < 4.78 is 2.00. The monoisotopic (exact) mass is 370 g/mol. The predicted octanol–water partition coefficient (Wildman–Crippen LogP) is 5.01. The Morgan fingerprint density at radius 3 is 2.36 bits per heavy atom. The van der Waals surface area contributed by atoms with Gasteiger partial charge in [-0.2, -0.15) is 5.10 Å². The van der Waals surface area contributed by atoms with Gasteiger partial charge in [0.25, 0.3) is 0 Å². The highest BCUT2D eigenvalue weighted by atomic mass is 35.5. The summed E-state index contributed by atoms with van der Waals surface area (Å²) in [4.78, 5) is 0. The second-order valence-corrected chi connectivity index (χ2v) is 6.72. The molecule has 2 aromatic carbocycles. The van der Waals surface area contributed by atoms with E-state index in [0.29, 0.717) is 10.1 Å². The number of aryl methyl sites for hydroxylation is 2. The number of hydrogen-bond acceptors (Lipinski definition) is 2. The van der Waals surface area contributed by atoms with Crippen molar-refractivity contribution in [3.8, 4) is 0 Å². The standard InChI is InChI=1S/C19H19ClN4S/c1-13-9-14(2)24(23-13)12-15-5-3-7-17(10-15)21-19(25)22-18-8-4-6-16(20)11-18/h3-11H,12H2,1-2H3,(H2,21,22,25). The molecule has 0 saturated carbocycles. The van der Waals surface area contributed by atoms with Gasteiger partial charge in [-0.1, -0.05) is 29.8 Å². The molecule has 0 aliphatic rings. The van der Waals surface area contributed by atoms with Gasteiger partial charge in [0.05, 0.1) is 12.2 Å². The fraction of sp³-hybridized carbons (Fsp3) is 0.158. The molecule has 0 bridgehead atoms. The largest absolute Gasteiger partial charge is 0.332 e. The first kappa shape index (κ1) is 17.5. The van der Waals surface area contributed by atoms with Gasteiger partial charge in [-0.3, -0.25) is 4.68 Å². The van der Waals surface area contributed by atoms with E-state index >= 15 is 0 Å². The van der Waals surface area contributed by atoms with Crippen LogP contribution >= 0.6 is 23.8 Å². The number of nitrogens with one attached hydrogen (secondary N) is 2. The highest BCUT2D eigenvalue weighted by molar-refractivity contribution is 7.80. The molecule has 0 fully saturated rings. The molecule has 2 N–H and O–H groups in total. The van der Waals surface area contributed by atoms with Crippen LogP contribution < -0.4 is 10.6 Å². The van der Waals surface area contributed by atoms with Crippen molar-refractivity contribution < 1.29 is 0 Å². The maximum Gasteiger partial charge on any atom is 0.175 e. The maximum absolute atomic E-state index is 5.99. The summed E-state index contributed by atoms with van der Waals surface area (Å²) in [5, 5.41) is 12.0. The van der Waals surface area contributed by atoms with E-state index in [1.165, 1.54) is 0 Å². The van der Waals surface area contributed by atoms with E-state index in [1.807, 2.05) is 48.0 Å². The number of nitrogens with zero attached hydrogens (tertiary/aromatic N) is 2. The van der Waals surface area contributed by atoms with Crippen molar-refractivity contribution in [1.29, 1.82) is 0 Å². The van der Waals surface area contributed by atoms with Crippen LogP contribution in [0.5, 0.6) is 0 Å². The Bertz CT molecular complexity index is 904. The summed E-state index contributed by atoms with van der Waals surface area (Å²) in [5.74, 6) is 0. The van der Waals surface area contributed by atoms with Crippen LogP contribution in [-0.4, -0.2) is 14.9 Å². The number of benzene rings is 2. The molecule has 3 rings (SSSR count). The fourth-order valence-electron chi connectivity index (χ4n) is 2.62. The fourth-order valence-corrected chi connectivity index (χ4v) is 3.04. The van der Waals surface area contributed by atoms with Gasteiger partial charge in [0.1, 0.15) is 0 Å². The van der Waals surface area contributed by atoms with Crippen LogP contribution in [-0.2, 0) is 6.54 Å². The Balaban J connectivity index is 1.67. The number of anilines is 2. The molecular formula is C19H19ClN4S. The van der Waals surface area contributed by atoms with Crippen molar-refractivity contribution in [3.05, 3.63) is 76.6 Å². The van der Waals surface area contributed by atoms with Crippen molar-refractivity contribution in [1.82, 2.24) is 9.78 Å². The van der Waals surface area contributed by atoms with Crippen LogP contribution in [0.1, 0.15) is 17.0 Å². The summed E-state index contributed by atoms with van der Waals surface area (Å²) in [5.41, 5.74) is 5.11. The Morgan fingerprint density at radius 2 is 1.72 bits per heavy atom. The first-order valence-electron chi connectivity index (χ1n) is 7.93. The third kappa shape index (κ3) is 4.81. The Kier molecular flexibility index (Phi) is 5.36. The molecule has 1 heterocycles. The van der Waals surface area contributed by atoms with Gasteiger partial charge in [-0.15, -0.1) is 0 Å². The van der Waals surface area contributed by atoms with Crippen molar-refractivity contribution in [3.63, 3.8) is 0 Å². The molecule has 4 nitrogen and oxygen atoms in total. The summed E-state index contributed by atoms with van der Waals surface area (Å²) in [6, 6.07) is 17.7. The molecule has 128 valence electrons. The Labute approximate surface area is 157 Å². The van der Waals surface area contributed by atoms with E-state index in [-0.39, 0.29) is 0 Å². The van der Waals surface area contributed by atoms with Crippen LogP contribution in [0.4, 0.5) is 11.4 Å². The number of rotatable bonds is 4. The van der Waals surface area contributed by atoms with Gasteiger partial charge in [-0.05, 0) is 68.0 Å². The SMILES string of the molecule is Cc1cc(C)n(Cc2cccc(NC(=S)Nc3cccc(Cl)c3)c2)n1. The quantitative estimate of drug-likeness (QED) is 0.633. The summed E-state index contributed by atoms with van der Waals surface area (Å²) in [6.45, 7) is 4.79. The van der Waals surface area contributed by atoms with Gasteiger partial charge < -0.3 is 10.6 Å². The molecule has 0 atom stereocenters. The van der Waals surface area contributed by atoms with Gasteiger partial charge in [-0.25, -0.2) is 0 Å². The predicted molar refractivity (Wildman–Crippen MR) is 109 cm³/mol. The molecule has 6 heteroatoms. The highest BCUT2D eigenvalue weighted by Gasteiger charge is 2.04. The molecular weight excluding hydrogens is 352 g/mol. The van der Waals surface area contributed by atoms with Gasteiger partial charge in [0.15, 0.2) is 5.11 Å². The minimum atomic E-state index is 0.519.